The fraction of sp³-hybridized carbons (Fsp3) is 0. The van der Waals surface area contributed by atoms with Gasteiger partial charge in [0.05, 0.1) is 15.7 Å². The molecule has 0 fully saturated rings. The Morgan fingerprint density at radius 1 is 1.00 bits per heavy atom. The van der Waals surface area contributed by atoms with E-state index in [1.54, 1.807) is 24.3 Å². The Morgan fingerprint density at radius 3 is 2.44 bits per heavy atom. The predicted octanol–water partition coefficient (Wildman–Crippen LogP) is 4.92. The monoisotopic (exact) mass is 376 g/mol. The van der Waals surface area contributed by atoms with Crippen molar-refractivity contribution in [1.82, 2.24) is 9.97 Å². The van der Waals surface area contributed by atoms with E-state index in [4.69, 9.17) is 23.2 Å². The SMILES string of the molecule is O=C(Nc1cccc(F)c1)c1cc(Nc2c(Cl)cccc2Cl)ncn1. The average Bonchev–Trinajstić information content (AvgIpc) is 2.58. The number of carbonyl (C=O) groups excluding carboxylic acids is 1. The Morgan fingerprint density at radius 2 is 1.72 bits per heavy atom. The zero-order chi connectivity index (χ0) is 17.8. The van der Waals surface area contributed by atoms with Gasteiger partial charge in [0.1, 0.15) is 23.7 Å². The number of aromatic nitrogens is 2. The van der Waals surface area contributed by atoms with Gasteiger partial charge in [0.2, 0.25) is 0 Å². The lowest BCUT2D eigenvalue weighted by Crippen LogP contribution is -2.14. The molecule has 0 spiro atoms. The Bertz CT molecular complexity index is 916. The summed E-state index contributed by atoms with van der Waals surface area (Å²) in [7, 11) is 0. The first-order chi connectivity index (χ1) is 12.0. The van der Waals surface area contributed by atoms with E-state index in [9.17, 15) is 9.18 Å². The molecule has 0 saturated carbocycles. The molecule has 0 bridgehead atoms. The molecule has 0 aliphatic heterocycles. The van der Waals surface area contributed by atoms with Crippen LogP contribution in [0.5, 0.6) is 0 Å². The standard InChI is InChI=1S/C17H11Cl2FN4O/c18-12-5-2-6-13(19)16(12)24-15-8-14(21-9-22-15)17(25)23-11-4-1-3-10(20)7-11/h1-9H,(H,23,25)(H,21,22,24). The number of carbonyl (C=O) groups is 1. The number of benzene rings is 2. The molecule has 0 saturated heterocycles. The second-order valence-electron chi connectivity index (χ2n) is 4.97. The van der Waals surface area contributed by atoms with E-state index in [1.165, 1.54) is 30.6 Å². The van der Waals surface area contributed by atoms with Gasteiger partial charge in [0.15, 0.2) is 0 Å². The number of amides is 1. The van der Waals surface area contributed by atoms with Crippen molar-refractivity contribution in [2.24, 2.45) is 0 Å². The molecule has 2 aromatic carbocycles. The Labute approximate surface area is 152 Å². The van der Waals surface area contributed by atoms with Gasteiger partial charge >= 0.3 is 0 Å². The normalized spacial score (nSPS) is 10.4. The maximum atomic E-state index is 13.2. The minimum atomic E-state index is -0.499. The van der Waals surface area contributed by atoms with Gasteiger partial charge in [0, 0.05) is 11.8 Å². The molecule has 2 N–H and O–H groups in total. The van der Waals surface area contributed by atoms with E-state index in [1.807, 2.05) is 0 Å². The molecule has 0 unspecified atom stereocenters. The van der Waals surface area contributed by atoms with Crippen molar-refractivity contribution >= 4 is 46.3 Å². The molecular formula is C17H11Cl2FN4O. The smallest absolute Gasteiger partial charge is 0.274 e. The van der Waals surface area contributed by atoms with Crippen LogP contribution in [0.2, 0.25) is 10.0 Å². The van der Waals surface area contributed by atoms with E-state index in [0.29, 0.717) is 27.2 Å². The summed E-state index contributed by atoms with van der Waals surface area (Å²) in [6, 6.07) is 12.1. The van der Waals surface area contributed by atoms with Gasteiger partial charge < -0.3 is 10.6 Å². The summed E-state index contributed by atoms with van der Waals surface area (Å²) in [5, 5.41) is 6.35. The molecule has 126 valence electrons. The molecule has 0 atom stereocenters. The number of halogens is 3. The van der Waals surface area contributed by atoms with Gasteiger partial charge in [-0.3, -0.25) is 4.79 Å². The van der Waals surface area contributed by atoms with E-state index in [0.717, 1.165) is 0 Å². The lowest BCUT2D eigenvalue weighted by molar-refractivity contribution is 0.102. The van der Waals surface area contributed by atoms with Crippen LogP contribution in [0.1, 0.15) is 10.5 Å². The summed E-state index contributed by atoms with van der Waals surface area (Å²) < 4.78 is 13.2. The van der Waals surface area contributed by atoms with Crippen LogP contribution in [-0.4, -0.2) is 15.9 Å². The highest BCUT2D eigenvalue weighted by atomic mass is 35.5. The number of nitrogens with one attached hydrogen (secondary N) is 2. The summed E-state index contributed by atoms with van der Waals surface area (Å²) in [5.74, 6) is -0.605. The van der Waals surface area contributed by atoms with Crippen LogP contribution >= 0.6 is 23.2 Å². The maximum Gasteiger partial charge on any atom is 0.274 e. The number of anilines is 3. The molecule has 1 heterocycles. The van der Waals surface area contributed by atoms with Crippen LogP contribution in [-0.2, 0) is 0 Å². The fourth-order valence-corrected chi connectivity index (χ4v) is 2.55. The van der Waals surface area contributed by atoms with Crippen molar-refractivity contribution in [3.63, 3.8) is 0 Å². The molecule has 25 heavy (non-hydrogen) atoms. The van der Waals surface area contributed by atoms with E-state index >= 15 is 0 Å². The van der Waals surface area contributed by atoms with Crippen LogP contribution < -0.4 is 10.6 Å². The third-order valence-electron chi connectivity index (χ3n) is 3.20. The van der Waals surface area contributed by atoms with Crippen molar-refractivity contribution in [2.75, 3.05) is 10.6 Å². The first kappa shape index (κ1) is 17.1. The van der Waals surface area contributed by atoms with Crippen molar-refractivity contribution in [3.05, 3.63) is 76.4 Å². The zero-order valence-electron chi connectivity index (χ0n) is 12.6. The van der Waals surface area contributed by atoms with Crippen molar-refractivity contribution in [2.45, 2.75) is 0 Å². The predicted molar refractivity (Wildman–Crippen MR) is 96.1 cm³/mol. The van der Waals surface area contributed by atoms with Crippen molar-refractivity contribution < 1.29 is 9.18 Å². The van der Waals surface area contributed by atoms with Gasteiger partial charge in [0.25, 0.3) is 5.91 Å². The van der Waals surface area contributed by atoms with E-state index in [2.05, 4.69) is 20.6 Å². The summed E-state index contributed by atoms with van der Waals surface area (Å²) >= 11 is 12.2. The topological polar surface area (TPSA) is 66.9 Å². The molecule has 0 aliphatic rings. The molecule has 0 radical (unpaired) electrons. The molecule has 8 heteroatoms. The highest BCUT2D eigenvalue weighted by Gasteiger charge is 2.11. The highest BCUT2D eigenvalue weighted by Crippen LogP contribution is 2.31. The summed E-state index contributed by atoms with van der Waals surface area (Å²) in [6.45, 7) is 0. The molecule has 3 aromatic rings. The molecule has 5 nitrogen and oxygen atoms in total. The van der Waals surface area contributed by atoms with Crippen molar-refractivity contribution in [1.29, 1.82) is 0 Å². The third-order valence-corrected chi connectivity index (χ3v) is 3.83. The minimum absolute atomic E-state index is 0.102. The molecule has 0 aliphatic carbocycles. The Balaban J connectivity index is 1.80. The minimum Gasteiger partial charge on any atom is -0.338 e. The van der Waals surface area contributed by atoms with Crippen LogP contribution in [0.15, 0.2) is 54.9 Å². The van der Waals surface area contributed by atoms with Gasteiger partial charge in [-0.15, -0.1) is 0 Å². The summed E-state index contributed by atoms with van der Waals surface area (Å²) in [5.41, 5.74) is 0.901. The molecule has 3 rings (SSSR count). The summed E-state index contributed by atoms with van der Waals surface area (Å²) in [4.78, 5) is 20.2. The van der Waals surface area contributed by atoms with Crippen LogP contribution in [0.25, 0.3) is 0 Å². The lowest BCUT2D eigenvalue weighted by Gasteiger charge is -2.10. The van der Waals surface area contributed by atoms with Gasteiger partial charge in [-0.2, -0.15) is 0 Å². The van der Waals surface area contributed by atoms with E-state index < -0.39 is 11.7 Å². The van der Waals surface area contributed by atoms with Crippen LogP contribution in [0.3, 0.4) is 0 Å². The zero-order valence-corrected chi connectivity index (χ0v) is 14.1. The third kappa shape index (κ3) is 4.23. The fourth-order valence-electron chi connectivity index (χ4n) is 2.06. The number of rotatable bonds is 4. The van der Waals surface area contributed by atoms with Crippen LogP contribution in [0, 0.1) is 5.82 Å². The largest absolute Gasteiger partial charge is 0.338 e. The Kier molecular flexibility index (Phi) is 5.11. The second-order valence-corrected chi connectivity index (χ2v) is 5.79. The number of nitrogens with zero attached hydrogens (tertiary/aromatic N) is 2. The molecule has 1 amide bonds. The molecular weight excluding hydrogens is 366 g/mol. The van der Waals surface area contributed by atoms with Gasteiger partial charge in [-0.25, -0.2) is 14.4 Å². The number of para-hydroxylation sites is 1. The number of hydrogen-bond acceptors (Lipinski definition) is 4. The summed E-state index contributed by atoms with van der Waals surface area (Å²) in [6.07, 6.45) is 1.23. The van der Waals surface area contributed by atoms with Gasteiger partial charge in [-0.1, -0.05) is 35.3 Å². The first-order valence-electron chi connectivity index (χ1n) is 7.13. The number of hydrogen-bond donors (Lipinski definition) is 2. The highest BCUT2D eigenvalue weighted by molar-refractivity contribution is 6.39. The lowest BCUT2D eigenvalue weighted by atomic mass is 10.3. The molecule has 1 aromatic heterocycles. The second kappa shape index (κ2) is 7.46. The maximum absolute atomic E-state index is 13.2. The van der Waals surface area contributed by atoms with Gasteiger partial charge in [-0.05, 0) is 30.3 Å². The Hall–Kier alpha value is -2.70. The quantitative estimate of drug-likeness (QED) is 0.678. The first-order valence-corrected chi connectivity index (χ1v) is 7.88. The average molecular weight is 377 g/mol. The van der Waals surface area contributed by atoms with Crippen molar-refractivity contribution in [3.8, 4) is 0 Å². The van der Waals surface area contributed by atoms with E-state index in [-0.39, 0.29) is 5.69 Å². The van der Waals surface area contributed by atoms with Crippen LogP contribution in [0.4, 0.5) is 21.6 Å².